The van der Waals surface area contributed by atoms with E-state index >= 15 is 0 Å². The highest BCUT2D eigenvalue weighted by Crippen LogP contribution is 2.31. The van der Waals surface area contributed by atoms with Gasteiger partial charge in [0.05, 0.1) is 16.9 Å². The molecule has 0 amide bonds. The van der Waals surface area contributed by atoms with Gasteiger partial charge in [0.15, 0.2) is 0 Å². The number of aliphatic carboxylic acids is 1. The number of nitro groups is 1. The topological polar surface area (TPSA) is 127 Å². The maximum atomic E-state index is 13.0. The molecule has 0 aliphatic carbocycles. The summed E-state index contributed by atoms with van der Waals surface area (Å²) in [6, 6.07) is 8.32. The molecule has 10 heteroatoms. The highest BCUT2D eigenvalue weighted by molar-refractivity contribution is 7.89. The first-order valence-electron chi connectivity index (χ1n) is 7.89. The molecule has 142 valence electrons. The van der Waals surface area contributed by atoms with Crippen molar-refractivity contribution in [2.24, 2.45) is 0 Å². The Balaban J connectivity index is 2.04. The summed E-state index contributed by atoms with van der Waals surface area (Å²) in [6.07, 6.45) is -0.0714. The Kier molecular flexibility index (Phi) is 4.85. The molecule has 2 aromatic carbocycles. The summed E-state index contributed by atoms with van der Waals surface area (Å²) in [7, 11) is -2.69. The molecule has 0 bridgehead atoms. The van der Waals surface area contributed by atoms with Gasteiger partial charge in [-0.15, -0.1) is 0 Å². The predicted octanol–water partition coefficient (Wildman–Crippen LogP) is 1.80. The molecule has 0 saturated carbocycles. The second kappa shape index (κ2) is 6.97. The number of benzene rings is 2. The van der Waals surface area contributed by atoms with Crippen molar-refractivity contribution in [3.05, 3.63) is 63.7 Å². The zero-order valence-electron chi connectivity index (χ0n) is 14.2. The number of ether oxygens (including phenoxy) is 1. The van der Waals surface area contributed by atoms with Crippen molar-refractivity contribution in [1.29, 1.82) is 0 Å². The third-order valence-electron chi connectivity index (χ3n) is 4.44. The van der Waals surface area contributed by atoms with Gasteiger partial charge in [0.2, 0.25) is 10.0 Å². The smallest absolute Gasteiger partial charge is 0.322 e. The van der Waals surface area contributed by atoms with E-state index in [-0.39, 0.29) is 23.5 Å². The zero-order valence-corrected chi connectivity index (χ0v) is 15.0. The summed E-state index contributed by atoms with van der Waals surface area (Å²) in [5, 5.41) is 20.5. The van der Waals surface area contributed by atoms with E-state index < -0.39 is 27.0 Å². The van der Waals surface area contributed by atoms with Gasteiger partial charge in [-0.2, -0.15) is 4.31 Å². The van der Waals surface area contributed by atoms with E-state index in [0.29, 0.717) is 16.9 Å². The highest BCUT2D eigenvalue weighted by Gasteiger charge is 2.40. The average Bonchev–Trinajstić information content (AvgIpc) is 2.66. The van der Waals surface area contributed by atoms with E-state index in [9.17, 15) is 28.4 Å². The first-order chi connectivity index (χ1) is 12.7. The number of rotatable bonds is 5. The molecule has 0 radical (unpaired) electrons. The van der Waals surface area contributed by atoms with Crippen LogP contribution in [0.2, 0.25) is 0 Å². The lowest BCUT2D eigenvalue weighted by atomic mass is 9.95. The largest absolute Gasteiger partial charge is 0.497 e. The van der Waals surface area contributed by atoms with Crippen molar-refractivity contribution >= 4 is 21.7 Å². The number of non-ortho nitro benzene ring substituents is 1. The lowest BCUT2D eigenvalue weighted by Crippen LogP contribution is -2.48. The monoisotopic (exact) mass is 392 g/mol. The van der Waals surface area contributed by atoms with Gasteiger partial charge in [-0.3, -0.25) is 14.9 Å². The molecule has 27 heavy (non-hydrogen) atoms. The molecule has 0 unspecified atom stereocenters. The number of carboxylic acid groups (broad SMARTS) is 1. The molecule has 1 atom stereocenters. The van der Waals surface area contributed by atoms with E-state index in [1.807, 2.05) is 0 Å². The molecule has 1 heterocycles. The first kappa shape index (κ1) is 18.8. The normalized spacial score (nSPS) is 17.1. The van der Waals surface area contributed by atoms with Crippen LogP contribution in [-0.2, 0) is 27.8 Å². The van der Waals surface area contributed by atoms with Crippen LogP contribution in [0.1, 0.15) is 11.1 Å². The number of hydrogen-bond donors (Lipinski definition) is 1. The number of nitro benzene ring substituents is 1. The van der Waals surface area contributed by atoms with E-state index in [2.05, 4.69) is 0 Å². The summed E-state index contributed by atoms with van der Waals surface area (Å²) < 4.78 is 31.9. The van der Waals surface area contributed by atoms with Crippen molar-refractivity contribution in [2.75, 3.05) is 7.11 Å². The number of hydrogen-bond acceptors (Lipinski definition) is 6. The van der Waals surface area contributed by atoms with Gasteiger partial charge in [-0.25, -0.2) is 8.42 Å². The quantitative estimate of drug-likeness (QED) is 0.607. The molecular formula is C17H16N2O7S. The Morgan fingerprint density at radius 2 is 1.89 bits per heavy atom. The van der Waals surface area contributed by atoms with Gasteiger partial charge >= 0.3 is 5.97 Å². The minimum absolute atomic E-state index is 0.0714. The van der Waals surface area contributed by atoms with E-state index in [4.69, 9.17) is 4.74 Å². The second-order valence-corrected chi connectivity index (χ2v) is 7.88. The maximum absolute atomic E-state index is 13.0. The summed E-state index contributed by atoms with van der Waals surface area (Å²) in [4.78, 5) is 22.0. The predicted molar refractivity (Wildman–Crippen MR) is 93.9 cm³/mol. The van der Waals surface area contributed by atoms with Crippen LogP contribution in [0.15, 0.2) is 47.4 Å². The fourth-order valence-electron chi connectivity index (χ4n) is 3.01. The van der Waals surface area contributed by atoms with Crippen LogP contribution in [0, 0.1) is 10.1 Å². The molecule has 3 rings (SSSR count). The fraction of sp³-hybridized carbons (Fsp3) is 0.235. The Labute approximate surface area is 155 Å². The molecule has 1 aliphatic rings. The fourth-order valence-corrected chi connectivity index (χ4v) is 4.57. The van der Waals surface area contributed by atoms with E-state index in [0.717, 1.165) is 4.31 Å². The molecule has 9 nitrogen and oxygen atoms in total. The molecular weight excluding hydrogens is 376 g/mol. The van der Waals surface area contributed by atoms with Gasteiger partial charge in [-0.1, -0.05) is 6.07 Å². The van der Waals surface area contributed by atoms with Crippen molar-refractivity contribution in [2.45, 2.75) is 23.9 Å². The molecule has 1 N–H and O–H groups in total. The van der Waals surface area contributed by atoms with Crippen LogP contribution in [-0.4, -0.2) is 41.9 Å². The molecule has 1 aliphatic heterocycles. The molecule has 2 aromatic rings. The van der Waals surface area contributed by atoms with Gasteiger partial charge in [0.25, 0.3) is 5.69 Å². The summed E-state index contributed by atoms with van der Waals surface area (Å²) >= 11 is 0. The van der Waals surface area contributed by atoms with Crippen molar-refractivity contribution in [3.63, 3.8) is 0 Å². The lowest BCUT2D eigenvalue weighted by molar-refractivity contribution is -0.385. The summed E-state index contributed by atoms with van der Waals surface area (Å²) in [6.45, 7) is -0.262. The Hall–Kier alpha value is -2.98. The third kappa shape index (κ3) is 3.49. The Bertz CT molecular complexity index is 1000. The summed E-state index contributed by atoms with van der Waals surface area (Å²) in [5.41, 5.74) is 0.817. The number of fused-ring (bicyclic) bond motifs is 1. The molecule has 0 fully saturated rings. The number of sulfonamides is 1. The van der Waals surface area contributed by atoms with Gasteiger partial charge in [-0.05, 0) is 35.4 Å². The first-order valence-corrected chi connectivity index (χ1v) is 9.33. The number of nitrogens with zero attached hydrogens (tertiary/aromatic N) is 2. The SMILES string of the molecule is COc1ccc(S(=O)(=O)N2Cc3cc([N+](=O)[O-])ccc3C[C@@H]2C(=O)O)cc1. The van der Waals surface area contributed by atoms with E-state index in [1.54, 1.807) is 0 Å². The minimum atomic E-state index is -4.13. The van der Waals surface area contributed by atoms with Crippen LogP contribution in [0.3, 0.4) is 0 Å². The van der Waals surface area contributed by atoms with Gasteiger partial charge in [0, 0.05) is 25.1 Å². The average molecular weight is 392 g/mol. The standard InChI is InChI=1S/C17H16N2O7S/c1-26-14-4-6-15(7-5-14)27(24,25)18-10-12-8-13(19(22)23)3-2-11(12)9-16(18)17(20)21/h2-8,16H,9-10H2,1H3,(H,20,21)/t16-/m1/s1. The molecule has 0 aromatic heterocycles. The van der Waals surface area contributed by atoms with Crippen molar-refractivity contribution < 1.29 is 28.0 Å². The van der Waals surface area contributed by atoms with Crippen LogP contribution < -0.4 is 4.74 Å². The second-order valence-electron chi connectivity index (χ2n) is 5.99. The Morgan fingerprint density at radius 3 is 2.44 bits per heavy atom. The number of carbonyl (C=O) groups is 1. The Morgan fingerprint density at radius 1 is 1.22 bits per heavy atom. The number of methoxy groups -OCH3 is 1. The van der Waals surface area contributed by atoms with Gasteiger partial charge < -0.3 is 9.84 Å². The number of carboxylic acids is 1. The van der Waals surface area contributed by atoms with Crippen LogP contribution in [0.5, 0.6) is 5.75 Å². The van der Waals surface area contributed by atoms with Crippen LogP contribution in [0.4, 0.5) is 5.69 Å². The minimum Gasteiger partial charge on any atom is -0.497 e. The molecule has 0 saturated heterocycles. The van der Waals surface area contributed by atoms with Crippen LogP contribution in [0.25, 0.3) is 0 Å². The lowest BCUT2D eigenvalue weighted by Gasteiger charge is -2.33. The van der Waals surface area contributed by atoms with Crippen LogP contribution >= 0.6 is 0 Å². The van der Waals surface area contributed by atoms with E-state index in [1.165, 1.54) is 49.6 Å². The van der Waals surface area contributed by atoms with Gasteiger partial charge in [0.1, 0.15) is 11.8 Å². The maximum Gasteiger partial charge on any atom is 0.322 e. The molecule has 0 spiro atoms. The summed E-state index contributed by atoms with van der Waals surface area (Å²) in [5.74, 6) is -0.820. The third-order valence-corrected chi connectivity index (χ3v) is 6.31. The van der Waals surface area contributed by atoms with Crippen molar-refractivity contribution in [3.8, 4) is 5.75 Å². The zero-order chi connectivity index (χ0) is 19.8. The highest BCUT2D eigenvalue weighted by atomic mass is 32.2. The van der Waals surface area contributed by atoms with Crippen molar-refractivity contribution in [1.82, 2.24) is 4.31 Å².